The maximum atomic E-state index is 4.95. The number of thiocarbonyl (C=S) groups is 1. The highest BCUT2D eigenvalue weighted by molar-refractivity contribution is 7.80. The molecule has 0 radical (unpaired) electrons. The Balaban J connectivity index is 2.13. The zero-order valence-electron chi connectivity index (χ0n) is 5.83. The minimum atomic E-state index is 0.383. The topological polar surface area (TPSA) is 24.1 Å². The van der Waals surface area contributed by atoms with Crippen molar-refractivity contribution in [3.63, 3.8) is 0 Å². The summed E-state index contributed by atoms with van der Waals surface area (Å²) >= 11 is 6.67. The third kappa shape index (κ3) is 1.36. The van der Waals surface area contributed by atoms with Gasteiger partial charge in [0, 0.05) is 6.54 Å². The lowest BCUT2D eigenvalue weighted by atomic mass is 10.2. The Hall–Kier alpha value is -0.610. The average molecular weight is 184 g/mol. The van der Waals surface area contributed by atoms with Gasteiger partial charge in [-0.1, -0.05) is 0 Å². The predicted octanol–water partition coefficient (Wildman–Crippen LogP) is 1.27. The van der Waals surface area contributed by atoms with E-state index in [4.69, 9.17) is 12.2 Å². The molecular weight excluding hydrogens is 176 g/mol. The first kappa shape index (κ1) is 7.06. The second-order valence-corrected chi connectivity index (χ2v) is 3.65. The van der Waals surface area contributed by atoms with Gasteiger partial charge in [0.2, 0.25) is 0 Å². The van der Waals surface area contributed by atoms with Crippen molar-refractivity contribution in [2.75, 3.05) is 6.54 Å². The van der Waals surface area contributed by atoms with Gasteiger partial charge in [-0.15, -0.1) is 0 Å². The summed E-state index contributed by atoms with van der Waals surface area (Å²) in [6.45, 7) is 0.912. The van der Waals surface area contributed by atoms with E-state index in [1.54, 1.807) is 11.3 Å². The first-order valence-electron chi connectivity index (χ1n) is 3.43. The molecule has 11 heavy (non-hydrogen) atoms. The maximum Gasteiger partial charge on any atom is 0.166 e. The van der Waals surface area contributed by atoms with Crippen LogP contribution in [0.5, 0.6) is 0 Å². The molecule has 0 saturated carbocycles. The molecule has 1 saturated heterocycles. The molecule has 4 heteroatoms. The van der Waals surface area contributed by atoms with Crippen LogP contribution in [0, 0.1) is 0 Å². The molecule has 58 valence electrons. The van der Waals surface area contributed by atoms with Crippen LogP contribution in [0.1, 0.15) is 11.6 Å². The minimum absolute atomic E-state index is 0.383. The van der Waals surface area contributed by atoms with E-state index in [9.17, 15) is 0 Å². The van der Waals surface area contributed by atoms with Gasteiger partial charge in [-0.3, -0.25) is 0 Å². The molecule has 0 bridgehead atoms. The van der Waals surface area contributed by atoms with E-state index in [1.165, 1.54) is 5.56 Å². The third-order valence-electron chi connectivity index (χ3n) is 1.72. The predicted molar refractivity (Wildman–Crippen MR) is 50.8 cm³/mol. The lowest BCUT2D eigenvalue weighted by Gasteiger charge is -2.04. The first-order valence-corrected chi connectivity index (χ1v) is 4.78. The van der Waals surface area contributed by atoms with Crippen molar-refractivity contribution in [2.24, 2.45) is 0 Å². The first-order chi connectivity index (χ1) is 5.36. The number of rotatable bonds is 1. The van der Waals surface area contributed by atoms with Gasteiger partial charge in [0.1, 0.15) is 0 Å². The Morgan fingerprint density at radius 2 is 2.55 bits per heavy atom. The maximum absolute atomic E-state index is 4.95. The number of hydrogen-bond acceptors (Lipinski definition) is 2. The number of nitrogens with one attached hydrogen (secondary N) is 2. The smallest absolute Gasteiger partial charge is 0.166 e. The molecule has 2 rings (SSSR count). The highest BCUT2D eigenvalue weighted by Gasteiger charge is 2.18. The number of thiophene rings is 1. The second kappa shape index (κ2) is 2.79. The lowest BCUT2D eigenvalue weighted by molar-refractivity contribution is 0.710. The van der Waals surface area contributed by atoms with Crippen LogP contribution < -0.4 is 10.6 Å². The summed E-state index contributed by atoms with van der Waals surface area (Å²) in [4.78, 5) is 0. The van der Waals surface area contributed by atoms with Crippen molar-refractivity contribution in [3.8, 4) is 0 Å². The van der Waals surface area contributed by atoms with Crippen molar-refractivity contribution < 1.29 is 0 Å². The Morgan fingerprint density at radius 3 is 3.09 bits per heavy atom. The zero-order chi connectivity index (χ0) is 7.68. The van der Waals surface area contributed by atoms with Crippen LogP contribution in [0.4, 0.5) is 0 Å². The highest BCUT2D eigenvalue weighted by Crippen LogP contribution is 2.17. The van der Waals surface area contributed by atoms with Crippen LogP contribution in [0.2, 0.25) is 0 Å². The van der Waals surface area contributed by atoms with E-state index in [-0.39, 0.29) is 0 Å². The van der Waals surface area contributed by atoms with Crippen molar-refractivity contribution in [1.29, 1.82) is 0 Å². The molecule has 1 unspecified atom stereocenters. The Labute approximate surface area is 74.6 Å². The summed E-state index contributed by atoms with van der Waals surface area (Å²) in [6.07, 6.45) is 0. The van der Waals surface area contributed by atoms with Crippen LogP contribution in [0.25, 0.3) is 0 Å². The van der Waals surface area contributed by atoms with E-state index in [2.05, 4.69) is 27.5 Å². The van der Waals surface area contributed by atoms with Crippen LogP contribution >= 0.6 is 23.6 Å². The third-order valence-corrected chi connectivity index (χ3v) is 2.68. The van der Waals surface area contributed by atoms with Crippen molar-refractivity contribution in [3.05, 3.63) is 22.4 Å². The lowest BCUT2D eigenvalue weighted by Crippen LogP contribution is -2.21. The van der Waals surface area contributed by atoms with Gasteiger partial charge in [0.05, 0.1) is 6.04 Å². The van der Waals surface area contributed by atoms with Gasteiger partial charge in [0.15, 0.2) is 5.11 Å². The van der Waals surface area contributed by atoms with Crippen LogP contribution in [-0.4, -0.2) is 11.7 Å². The molecule has 1 fully saturated rings. The van der Waals surface area contributed by atoms with Crippen molar-refractivity contribution >= 4 is 28.7 Å². The van der Waals surface area contributed by atoms with Gasteiger partial charge < -0.3 is 10.6 Å². The molecule has 0 aliphatic carbocycles. The number of hydrogen-bond donors (Lipinski definition) is 2. The Kier molecular flexibility index (Phi) is 1.79. The molecule has 2 nitrogen and oxygen atoms in total. The summed E-state index contributed by atoms with van der Waals surface area (Å²) in [5.74, 6) is 0. The molecular formula is C7H8N2S2. The summed E-state index contributed by atoms with van der Waals surface area (Å²) in [5.41, 5.74) is 1.32. The zero-order valence-corrected chi connectivity index (χ0v) is 7.47. The average Bonchev–Trinajstić information content (AvgIpc) is 2.55. The van der Waals surface area contributed by atoms with E-state index >= 15 is 0 Å². The summed E-state index contributed by atoms with van der Waals surface area (Å²) in [7, 11) is 0. The molecule has 1 aliphatic heterocycles. The van der Waals surface area contributed by atoms with Gasteiger partial charge in [0.25, 0.3) is 0 Å². The van der Waals surface area contributed by atoms with Crippen molar-refractivity contribution in [2.45, 2.75) is 6.04 Å². The largest absolute Gasteiger partial charge is 0.360 e. The molecule has 1 aromatic heterocycles. The SMILES string of the molecule is S=C1NCC(c2ccsc2)N1. The normalized spacial score (nSPS) is 22.9. The highest BCUT2D eigenvalue weighted by atomic mass is 32.1. The molecule has 2 heterocycles. The Morgan fingerprint density at radius 1 is 1.64 bits per heavy atom. The van der Waals surface area contributed by atoms with E-state index < -0.39 is 0 Å². The van der Waals surface area contributed by atoms with Crippen LogP contribution in [0.15, 0.2) is 16.8 Å². The van der Waals surface area contributed by atoms with E-state index in [1.807, 2.05) is 0 Å². The molecule has 1 aromatic rings. The second-order valence-electron chi connectivity index (χ2n) is 2.46. The summed E-state index contributed by atoms with van der Waals surface area (Å²) in [5, 5.41) is 11.3. The summed E-state index contributed by atoms with van der Waals surface area (Å²) in [6, 6.07) is 2.51. The van der Waals surface area contributed by atoms with E-state index in [0.29, 0.717) is 6.04 Å². The van der Waals surface area contributed by atoms with E-state index in [0.717, 1.165) is 11.7 Å². The minimum Gasteiger partial charge on any atom is -0.360 e. The molecule has 0 spiro atoms. The van der Waals surface area contributed by atoms with Crippen molar-refractivity contribution in [1.82, 2.24) is 10.6 Å². The van der Waals surface area contributed by atoms with Gasteiger partial charge in [-0.05, 0) is 34.6 Å². The fourth-order valence-corrected chi connectivity index (χ4v) is 2.07. The Bertz CT molecular complexity index is 255. The molecule has 1 atom stereocenters. The molecule has 0 aromatic carbocycles. The quantitative estimate of drug-likeness (QED) is 0.643. The molecule has 2 N–H and O–H groups in total. The van der Waals surface area contributed by atoms with Crippen LogP contribution in [0.3, 0.4) is 0 Å². The molecule has 1 aliphatic rings. The monoisotopic (exact) mass is 184 g/mol. The fraction of sp³-hybridized carbons (Fsp3) is 0.286. The summed E-state index contributed by atoms with van der Waals surface area (Å²) < 4.78 is 0. The van der Waals surface area contributed by atoms with Gasteiger partial charge in [-0.25, -0.2) is 0 Å². The molecule has 0 amide bonds. The van der Waals surface area contributed by atoms with Crippen LogP contribution in [-0.2, 0) is 0 Å². The standard InChI is InChI=1S/C7H8N2S2/c10-7-8-3-6(9-7)5-1-2-11-4-5/h1-2,4,6H,3H2,(H2,8,9,10). The van der Waals surface area contributed by atoms with Gasteiger partial charge >= 0.3 is 0 Å². The van der Waals surface area contributed by atoms with Gasteiger partial charge in [-0.2, -0.15) is 11.3 Å². The fourth-order valence-electron chi connectivity index (χ4n) is 1.13.